The van der Waals surface area contributed by atoms with Crippen LogP contribution in [-0.4, -0.2) is 45.3 Å². The Bertz CT molecular complexity index is 1260. The third-order valence-electron chi connectivity index (χ3n) is 6.84. The Balaban J connectivity index is 1.28. The van der Waals surface area contributed by atoms with Gasteiger partial charge in [-0.1, -0.05) is 85.3 Å². The van der Waals surface area contributed by atoms with Gasteiger partial charge in [0.15, 0.2) is 5.16 Å². The van der Waals surface area contributed by atoms with Crippen molar-refractivity contribution in [2.24, 2.45) is 0 Å². The molecular weight excluding hydrogens is 483 g/mol. The molecule has 0 radical (unpaired) electrons. The summed E-state index contributed by atoms with van der Waals surface area (Å²) in [6.07, 6.45) is -1.08. The molecule has 0 saturated carbocycles. The molecule has 1 heterocycles. The number of halogens is 3. The van der Waals surface area contributed by atoms with Crippen molar-refractivity contribution in [3.63, 3.8) is 0 Å². The van der Waals surface area contributed by atoms with Crippen molar-refractivity contribution in [2.75, 3.05) is 18.8 Å². The van der Waals surface area contributed by atoms with Crippen molar-refractivity contribution < 1.29 is 18.4 Å². The lowest BCUT2D eigenvalue weighted by molar-refractivity contribution is -0.212. The van der Waals surface area contributed by atoms with Crippen LogP contribution in [0.1, 0.15) is 36.8 Å². The second kappa shape index (κ2) is 10.3. The number of rotatable bonds is 10. The van der Waals surface area contributed by atoms with Gasteiger partial charge in [-0.25, -0.2) is 4.98 Å². The van der Waals surface area contributed by atoms with Crippen LogP contribution in [0.4, 0.5) is 13.2 Å². The summed E-state index contributed by atoms with van der Waals surface area (Å²) in [5.74, 6) is 0.903. The van der Waals surface area contributed by atoms with Gasteiger partial charge in [-0.2, -0.15) is 18.2 Å². The molecule has 0 amide bonds. The summed E-state index contributed by atoms with van der Waals surface area (Å²) < 4.78 is 39.3. The summed E-state index contributed by atoms with van der Waals surface area (Å²) in [7, 11) is 0. The van der Waals surface area contributed by atoms with Crippen molar-refractivity contribution in [1.29, 1.82) is 0 Å². The molecular formula is C28H28F3N3OS. The van der Waals surface area contributed by atoms with Gasteiger partial charge in [0.05, 0.1) is 11.0 Å². The number of fused-ring (bicyclic) bond motifs is 4. The van der Waals surface area contributed by atoms with Gasteiger partial charge in [0, 0.05) is 17.7 Å². The summed E-state index contributed by atoms with van der Waals surface area (Å²) in [5, 5.41) is 11.7. The zero-order valence-corrected chi connectivity index (χ0v) is 20.6. The Hall–Kier alpha value is -2.81. The Morgan fingerprint density at radius 2 is 1.50 bits per heavy atom. The first kappa shape index (κ1) is 24.9. The number of H-pyrrole nitrogens is 1. The molecule has 0 fully saturated rings. The van der Waals surface area contributed by atoms with Gasteiger partial charge >= 0.3 is 6.18 Å². The maximum absolute atomic E-state index is 13.1. The van der Waals surface area contributed by atoms with Crippen LogP contribution in [-0.2, 0) is 5.41 Å². The molecule has 0 unspecified atom stereocenters. The van der Waals surface area contributed by atoms with Crippen molar-refractivity contribution in [3.05, 3.63) is 83.9 Å². The number of thioether (sulfide) groups is 1. The number of nitrogens with zero attached hydrogens (tertiary/aromatic N) is 2. The number of hydroxylamine groups is 2. The van der Waals surface area contributed by atoms with Gasteiger partial charge in [0.25, 0.3) is 0 Å². The zero-order chi connectivity index (χ0) is 25.2. The van der Waals surface area contributed by atoms with Crippen LogP contribution in [0, 0.1) is 0 Å². The Morgan fingerprint density at radius 3 is 2.17 bits per heavy atom. The third-order valence-corrected chi connectivity index (χ3v) is 7.80. The average Bonchev–Trinajstić information content (AvgIpc) is 3.38. The molecule has 4 aromatic rings. The predicted octanol–water partition coefficient (Wildman–Crippen LogP) is 7.44. The van der Waals surface area contributed by atoms with E-state index in [-0.39, 0.29) is 6.54 Å². The fourth-order valence-corrected chi connectivity index (χ4v) is 6.27. The number of alkyl halides is 3. The molecule has 3 aromatic carbocycles. The smallest absolute Gasteiger partial charge is 0.333 e. The number of aromatic nitrogens is 2. The molecule has 0 aliphatic heterocycles. The summed E-state index contributed by atoms with van der Waals surface area (Å²) in [6, 6.07) is 23.7. The molecule has 0 bridgehead atoms. The Kier molecular flexibility index (Phi) is 7.10. The average molecular weight is 512 g/mol. The first-order chi connectivity index (χ1) is 17.4. The number of hydrogen-bond donors (Lipinski definition) is 2. The molecule has 0 saturated heterocycles. The largest absolute Gasteiger partial charge is 0.403 e. The molecule has 0 atom stereocenters. The van der Waals surface area contributed by atoms with Crippen LogP contribution in [0.3, 0.4) is 0 Å². The second-order valence-corrected chi connectivity index (χ2v) is 10.4. The summed E-state index contributed by atoms with van der Waals surface area (Å²) in [5.41, 5.74) is 5.33. The highest BCUT2D eigenvalue weighted by atomic mass is 32.2. The van der Waals surface area contributed by atoms with Gasteiger partial charge < -0.3 is 10.2 Å². The van der Waals surface area contributed by atoms with E-state index in [1.54, 1.807) is 11.8 Å². The van der Waals surface area contributed by atoms with E-state index in [9.17, 15) is 18.4 Å². The first-order valence-electron chi connectivity index (χ1n) is 12.1. The fraction of sp³-hybridized carbons (Fsp3) is 0.321. The van der Waals surface area contributed by atoms with Gasteiger partial charge in [-0.15, -0.1) is 0 Å². The zero-order valence-electron chi connectivity index (χ0n) is 19.8. The van der Waals surface area contributed by atoms with Gasteiger partial charge in [-0.3, -0.25) is 0 Å². The van der Waals surface area contributed by atoms with Crippen LogP contribution in [0.15, 0.2) is 78.0 Å². The van der Waals surface area contributed by atoms with Crippen molar-refractivity contribution >= 4 is 22.8 Å². The van der Waals surface area contributed by atoms with E-state index in [2.05, 4.69) is 9.97 Å². The number of benzene rings is 3. The van der Waals surface area contributed by atoms with Crippen LogP contribution in [0.2, 0.25) is 0 Å². The molecule has 4 nitrogen and oxygen atoms in total. The van der Waals surface area contributed by atoms with Gasteiger partial charge in [0.1, 0.15) is 6.54 Å². The molecule has 1 aliphatic carbocycles. The van der Waals surface area contributed by atoms with E-state index in [1.165, 1.54) is 0 Å². The van der Waals surface area contributed by atoms with E-state index in [4.69, 9.17) is 0 Å². The minimum absolute atomic E-state index is 0.103. The van der Waals surface area contributed by atoms with Crippen molar-refractivity contribution in [1.82, 2.24) is 15.0 Å². The number of aromatic amines is 1. The summed E-state index contributed by atoms with van der Waals surface area (Å²) in [4.78, 5) is 7.92. The van der Waals surface area contributed by atoms with Crippen molar-refractivity contribution in [2.45, 2.75) is 42.4 Å². The molecule has 0 spiro atoms. The second-order valence-electron chi connectivity index (χ2n) is 9.33. The topological polar surface area (TPSA) is 52.1 Å². The molecule has 2 N–H and O–H groups in total. The monoisotopic (exact) mass is 511 g/mol. The number of imidazole rings is 1. The molecule has 188 valence electrons. The standard InChI is InChI=1S/C28H28F3N3OS/c29-28(30,31)19-34(35)18-27(22-12-4-2-10-20(22)21-11-3-5-13-23(21)27)16-8-1-9-17-36-26-32-24-14-6-7-15-25(24)33-26/h2-7,10-15,35H,1,8-9,16-19H2,(H,32,33). The maximum atomic E-state index is 13.1. The SMILES string of the molecule is ON(CC(F)(F)F)CC1(CCCCCSc2nc3ccccc3[nH]2)c2ccccc2-c2ccccc21. The van der Waals surface area contributed by atoms with E-state index in [0.29, 0.717) is 11.5 Å². The van der Waals surface area contributed by atoms with E-state index >= 15 is 0 Å². The molecule has 36 heavy (non-hydrogen) atoms. The van der Waals surface area contributed by atoms with Crippen LogP contribution < -0.4 is 0 Å². The molecule has 1 aliphatic rings. The molecule has 5 rings (SSSR count). The highest BCUT2D eigenvalue weighted by molar-refractivity contribution is 7.99. The minimum atomic E-state index is -4.47. The van der Waals surface area contributed by atoms with E-state index < -0.39 is 18.1 Å². The number of hydrogen-bond acceptors (Lipinski definition) is 4. The fourth-order valence-electron chi connectivity index (χ4n) is 5.38. The molecule has 1 aromatic heterocycles. The highest BCUT2D eigenvalue weighted by Crippen LogP contribution is 2.51. The number of unbranched alkanes of at least 4 members (excludes halogenated alkanes) is 2. The van der Waals surface area contributed by atoms with E-state index in [0.717, 1.165) is 63.5 Å². The van der Waals surface area contributed by atoms with Gasteiger partial charge in [-0.05, 0) is 47.2 Å². The quantitative estimate of drug-likeness (QED) is 0.132. The van der Waals surface area contributed by atoms with Crippen LogP contribution >= 0.6 is 11.8 Å². The summed E-state index contributed by atoms with van der Waals surface area (Å²) >= 11 is 1.68. The minimum Gasteiger partial charge on any atom is -0.333 e. The van der Waals surface area contributed by atoms with Crippen LogP contribution in [0.5, 0.6) is 0 Å². The number of nitrogens with one attached hydrogen (secondary N) is 1. The summed E-state index contributed by atoms with van der Waals surface area (Å²) in [6.45, 7) is -1.46. The maximum Gasteiger partial charge on any atom is 0.403 e. The lowest BCUT2D eigenvalue weighted by Gasteiger charge is -2.35. The lowest BCUT2D eigenvalue weighted by Crippen LogP contribution is -2.43. The third kappa shape index (κ3) is 5.16. The predicted molar refractivity (Wildman–Crippen MR) is 137 cm³/mol. The highest BCUT2D eigenvalue weighted by Gasteiger charge is 2.45. The number of para-hydroxylation sites is 2. The normalized spacial score (nSPS) is 14.4. The van der Waals surface area contributed by atoms with Crippen molar-refractivity contribution in [3.8, 4) is 11.1 Å². The van der Waals surface area contributed by atoms with E-state index in [1.807, 2.05) is 72.8 Å². The van der Waals surface area contributed by atoms with Gasteiger partial charge in [0.2, 0.25) is 0 Å². The van der Waals surface area contributed by atoms with Crippen LogP contribution in [0.25, 0.3) is 22.2 Å². The first-order valence-corrected chi connectivity index (χ1v) is 13.1. The Morgan fingerprint density at radius 1 is 0.861 bits per heavy atom. The molecule has 8 heteroatoms. The lowest BCUT2D eigenvalue weighted by atomic mass is 9.74. The Labute approximate surface area is 212 Å².